The van der Waals surface area contributed by atoms with Gasteiger partial charge in [0.05, 0.1) is 0 Å². The first-order valence-electron chi connectivity index (χ1n) is 7.05. The molecule has 1 saturated carbocycles. The van der Waals surface area contributed by atoms with Crippen LogP contribution in [0.4, 0.5) is 0 Å². The first kappa shape index (κ1) is 12.1. The molecule has 2 atom stereocenters. The summed E-state index contributed by atoms with van der Waals surface area (Å²) in [6, 6.07) is 0.580. The molecule has 1 heterocycles. The second-order valence-corrected chi connectivity index (χ2v) is 5.53. The van der Waals surface area contributed by atoms with Gasteiger partial charge >= 0.3 is 0 Å². The SMILES string of the molecule is CCC1CCCN(C2CCCC(=O)C2)CC1. The molecule has 0 spiro atoms. The fourth-order valence-corrected chi connectivity index (χ4v) is 3.27. The van der Waals surface area contributed by atoms with Crippen molar-refractivity contribution in [1.29, 1.82) is 0 Å². The molecule has 0 aromatic carbocycles. The third-order valence-electron chi connectivity index (χ3n) is 4.43. The Bertz CT molecular complexity index is 239. The number of hydrogen-bond acceptors (Lipinski definition) is 2. The second kappa shape index (κ2) is 5.81. The van der Waals surface area contributed by atoms with E-state index in [2.05, 4.69) is 11.8 Å². The lowest BCUT2D eigenvalue weighted by Crippen LogP contribution is -2.39. The number of ketones is 1. The van der Waals surface area contributed by atoms with Crippen LogP contribution in [0.1, 0.15) is 58.3 Å². The van der Waals surface area contributed by atoms with E-state index in [1.807, 2.05) is 0 Å². The number of likely N-dealkylation sites (tertiary alicyclic amines) is 1. The summed E-state index contributed by atoms with van der Waals surface area (Å²) in [6.45, 7) is 4.77. The fraction of sp³-hybridized carbons (Fsp3) is 0.929. The summed E-state index contributed by atoms with van der Waals surface area (Å²) in [5, 5.41) is 0. The van der Waals surface area contributed by atoms with E-state index in [4.69, 9.17) is 0 Å². The second-order valence-electron chi connectivity index (χ2n) is 5.53. The summed E-state index contributed by atoms with van der Waals surface area (Å²) in [4.78, 5) is 14.1. The lowest BCUT2D eigenvalue weighted by atomic mass is 9.93. The number of hydrogen-bond donors (Lipinski definition) is 0. The predicted octanol–water partition coefficient (Wildman–Crippen LogP) is 3.01. The summed E-state index contributed by atoms with van der Waals surface area (Å²) >= 11 is 0. The van der Waals surface area contributed by atoms with Crippen LogP contribution in [0.25, 0.3) is 0 Å². The van der Waals surface area contributed by atoms with Crippen LogP contribution >= 0.6 is 0 Å². The molecule has 92 valence electrons. The van der Waals surface area contributed by atoms with Gasteiger partial charge in [-0.2, -0.15) is 0 Å². The van der Waals surface area contributed by atoms with E-state index in [0.29, 0.717) is 11.8 Å². The Morgan fingerprint density at radius 3 is 2.81 bits per heavy atom. The van der Waals surface area contributed by atoms with Crippen molar-refractivity contribution in [2.75, 3.05) is 13.1 Å². The van der Waals surface area contributed by atoms with E-state index in [9.17, 15) is 4.79 Å². The molecule has 0 radical (unpaired) electrons. The maximum absolute atomic E-state index is 11.5. The Hall–Kier alpha value is -0.370. The zero-order valence-corrected chi connectivity index (χ0v) is 10.6. The number of carbonyl (C=O) groups excluding carboxylic acids is 1. The topological polar surface area (TPSA) is 20.3 Å². The molecule has 16 heavy (non-hydrogen) atoms. The molecule has 2 unspecified atom stereocenters. The van der Waals surface area contributed by atoms with E-state index in [0.717, 1.165) is 25.2 Å². The van der Waals surface area contributed by atoms with Crippen LogP contribution in [-0.2, 0) is 4.79 Å². The molecule has 1 aliphatic heterocycles. The van der Waals surface area contributed by atoms with Gasteiger partial charge in [0.1, 0.15) is 5.78 Å². The van der Waals surface area contributed by atoms with Gasteiger partial charge in [-0.05, 0) is 51.1 Å². The fourth-order valence-electron chi connectivity index (χ4n) is 3.27. The van der Waals surface area contributed by atoms with Gasteiger partial charge in [-0.1, -0.05) is 13.3 Å². The van der Waals surface area contributed by atoms with Crippen LogP contribution < -0.4 is 0 Å². The first-order chi connectivity index (χ1) is 7.79. The van der Waals surface area contributed by atoms with Crippen LogP contribution in [0, 0.1) is 5.92 Å². The Morgan fingerprint density at radius 2 is 2.06 bits per heavy atom. The zero-order chi connectivity index (χ0) is 11.4. The van der Waals surface area contributed by atoms with Crippen molar-refractivity contribution < 1.29 is 4.79 Å². The van der Waals surface area contributed by atoms with Crippen LogP contribution in [0.2, 0.25) is 0 Å². The zero-order valence-electron chi connectivity index (χ0n) is 10.6. The molecule has 2 aliphatic rings. The smallest absolute Gasteiger partial charge is 0.134 e. The summed E-state index contributed by atoms with van der Waals surface area (Å²) in [5.74, 6) is 1.43. The van der Waals surface area contributed by atoms with Crippen molar-refractivity contribution in [3.05, 3.63) is 0 Å². The van der Waals surface area contributed by atoms with Crippen LogP contribution in [-0.4, -0.2) is 29.8 Å². The molecule has 0 aromatic heterocycles. The van der Waals surface area contributed by atoms with Crippen LogP contribution in [0.3, 0.4) is 0 Å². The quantitative estimate of drug-likeness (QED) is 0.717. The summed E-state index contributed by atoms with van der Waals surface area (Å²) < 4.78 is 0. The predicted molar refractivity (Wildman–Crippen MR) is 66.5 cm³/mol. The highest BCUT2D eigenvalue weighted by Gasteiger charge is 2.26. The maximum Gasteiger partial charge on any atom is 0.134 e. The third-order valence-corrected chi connectivity index (χ3v) is 4.43. The van der Waals surface area contributed by atoms with Crippen LogP contribution in [0.5, 0.6) is 0 Å². The van der Waals surface area contributed by atoms with E-state index in [1.54, 1.807) is 0 Å². The average Bonchev–Trinajstić information content (AvgIpc) is 2.54. The lowest BCUT2D eigenvalue weighted by molar-refractivity contribution is -0.122. The molecular weight excluding hydrogens is 198 g/mol. The van der Waals surface area contributed by atoms with Crippen molar-refractivity contribution >= 4 is 5.78 Å². The molecule has 2 nitrogen and oxygen atoms in total. The molecule has 2 rings (SSSR count). The average molecular weight is 223 g/mol. The van der Waals surface area contributed by atoms with Crippen molar-refractivity contribution in [2.24, 2.45) is 5.92 Å². The minimum atomic E-state index is 0.493. The highest BCUT2D eigenvalue weighted by molar-refractivity contribution is 5.79. The number of Topliss-reactive ketones (excluding diaryl/α,β-unsaturated/α-hetero) is 1. The summed E-state index contributed by atoms with van der Waals surface area (Å²) in [6.07, 6.45) is 9.45. The van der Waals surface area contributed by atoms with Gasteiger partial charge in [-0.3, -0.25) is 9.69 Å². The van der Waals surface area contributed by atoms with Crippen molar-refractivity contribution in [1.82, 2.24) is 4.90 Å². The van der Waals surface area contributed by atoms with Gasteiger partial charge in [-0.25, -0.2) is 0 Å². The van der Waals surface area contributed by atoms with Gasteiger partial charge < -0.3 is 0 Å². The largest absolute Gasteiger partial charge is 0.300 e. The Balaban J connectivity index is 1.86. The Morgan fingerprint density at radius 1 is 1.19 bits per heavy atom. The van der Waals surface area contributed by atoms with Gasteiger partial charge in [0.15, 0.2) is 0 Å². The number of nitrogens with zero attached hydrogens (tertiary/aromatic N) is 1. The van der Waals surface area contributed by atoms with E-state index in [1.165, 1.54) is 45.2 Å². The Kier molecular flexibility index (Phi) is 4.39. The molecule has 1 saturated heterocycles. The Labute approximate surface area is 99.4 Å². The van der Waals surface area contributed by atoms with Gasteiger partial charge in [0.25, 0.3) is 0 Å². The standard InChI is InChI=1S/C14H25NO/c1-2-12-5-4-9-15(10-8-12)13-6-3-7-14(16)11-13/h12-13H,2-11H2,1H3. The molecule has 0 bridgehead atoms. The normalized spacial score (nSPS) is 33.7. The van der Waals surface area contributed by atoms with Gasteiger partial charge in [-0.15, -0.1) is 0 Å². The van der Waals surface area contributed by atoms with E-state index in [-0.39, 0.29) is 0 Å². The van der Waals surface area contributed by atoms with Crippen molar-refractivity contribution in [2.45, 2.75) is 64.3 Å². The first-order valence-corrected chi connectivity index (χ1v) is 7.05. The molecule has 1 aliphatic carbocycles. The summed E-state index contributed by atoms with van der Waals surface area (Å²) in [7, 11) is 0. The molecular formula is C14H25NO. The molecule has 0 amide bonds. The number of carbonyl (C=O) groups is 1. The molecule has 0 aromatic rings. The summed E-state index contributed by atoms with van der Waals surface area (Å²) in [5.41, 5.74) is 0. The molecule has 0 N–H and O–H groups in total. The van der Waals surface area contributed by atoms with Gasteiger partial charge in [0.2, 0.25) is 0 Å². The lowest BCUT2D eigenvalue weighted by Gasteiger charge is -2.32. The minimum Gasteiger partial charge on any atom is -0.300 e. The molecule has 2 fully saturated rings. The monoisotopic (exact) mass is 223 g/mol. The van der Waals surface area contributed by atoms with E-state index >= 15 is 0 Å². The highest BCUT2D eigenvalue weighted by Crippen LogP contribution is 2.26. The van der Waals surface area contributed by atoms with Crippen LogP contribution in [0.15, 0.2) is 0 Å². The maximum atomic E-state index is 11.5. The van der Waals surface area contributed by atoms with Gasteiger partial charge in [0, 0.05) is 18.9 Å². The van der Waals surface area contributed by atoms with Crippen molar-refractivity contribution in [3.8, 4) is 0 Å². The number of rotatable bonds is 2. The minimum absolute atomic E-state index is 0.493. The van der Waals surface area contributed by atoms with E-state index < -0.39 is 0 Å². The van der Waals surface area contributed by atoms with Crippen molar-refractivity contribution in [3.63, 3.8) is 0 Å². The third kappa shape index (κ3) is 3.07. The molecule has 2 heteroatoms. The highest BCUT2D eigenvalue weighted by atomic mass is 16.1.